The number of thiol groups is 1. The molecule has 5 nitrogen and oxygen atoms in total. The highest BCUT2D eigenvalue weighted by molar-refractivity contribution is 7.71. The summed E-state index contributed by atoms with van der Waals surface area (Å²) in [4.78, 5) is 16.7. The molecule has 0 spiro atoms. The van der Waals surface area contributed by atoms with Gasteiger partial charge in [-0.05, 0) is 43.4 Å². The monoisotopic (exact) mass is 365 g/mol. The summed E-state index contributed by atoms with van der Waals surface area (Å²) in [6, 6.07) is 7.31. The van der Waals surface area contributed by atoms with Gasteiger partial charge in [-0.2, -0.15) is 0 Å². The fourth-order valence-corrected chi connectivity index (χ4v) is 4.15. The minimum atomic E-state index is -2.44. The summed E-state index contributed by atoms with van der Waals surface area (Å²) in [6.45, 7) is 11.0. The minimum absolute atomic E-state index is 0.0248. The van der Waals surface area contributed by atoms with Crippen molar-refractivity contribution in [1.82, 2.24) is 4.90 Å². The molecule has 1 aliphatic rings. The van der Waals surface area contributed by atoms with E-state index in [1.807, 2.05) is 17.0 Å². The number of anilines is 1. The van der Waals surface area contributed by atoms with Gasteiger partial charge in [0.15, 0.2) is 0 Å². The molecule has 0 bridgehead atoms. The zero-order chi connectivity index (χ0) is 18.6. The summed E-state index contributed by atoms with van der Waals surface area (Å²) in [5.41, 5.74) is 1.37. The lowest BCUT2D eigenvalue weighted by atomic mass is 9.86. The average Bonchev–Trinajstić information content (AvgIpc) is 2.50. The molecule has 0 N–H and O–H groups in total. The van der Waals surface area contributed by atoms with Crippen LogP contribution in [-0.4, -0.2) is 44.4 Å². The maximum atomic E-state index is 12.4. The standard InChI is InChI=1S/C19H29N2O3S/c1-15(2)13-20-11-9-19(4,10-12-20)21(16(3)22)18-7-5-17(6-8-18)14-25(23)24/h5-8,25H,9-14H2,1-4H3. The van der Waals surface area contributed by atoms with E-state index in [0.29, 0.717) is 0 Å². The Morgan fingerprint density at radius 1 is 1.12 bits per heavy atom. The van der Waals surface area contributed by atoms with Crippen LogP contribution in [0.4, 0.5) is 5.69 Å². The van der Waals surface area contributed by atoms with Crippen molar-refractivity contribution >= 4 is 22.3 Å². The summed E-state index contributed by atoms with van der Waals surface area (Å²) in [6.07, 6.45) is 1.85. The van der Waals surface area contributed by atoms with Gasteiger partial charge < -0.3 is 9.80 Å². The molecule has 2 rings (SSSR count). The maximum Gasteiger partial charge on any atom is 0.224 e. The van der Waals surface area contributed by atoms with E-state index in [1.54, 1.807) is 19.1 Å². The van der Waals surface area contributed by atoms with Crippen molar-refractivity contribution in [1.29, 1.82) is 0 Å². The number of rotatable bonds is 6. The molecular weight excluding hydrogens is 336 g/mol. The van der Waals surface area contributed by atoms with Crippen molar-refractivity contribution in [3.63, 3.8) is 0 Å². The van der Waals surface area contributed by atoms with Crippen LogP contribution in [0.1, 0.15) is 46.1 Å². The zero-order valence-corrected chi connectivity index (χ0v) is 16.5. The van der Waals surface area contributed by atoms with E-state index in [4.69, 9.17) is 0 Å². The third-order valence-electron chi connectivity index (χ3n) is 4.83. The van der Waals surface area contributed by atoms with Gasteiger partial charge >= 0.3 is 0 Å². The highest BCUT2D eigenvalue weighted by Crippen LogP contribution is 2.33. The molecule has 0 aliphatic carbocycles. The molecule has 25 heavy (non-hydrogen) atoms. The Labute approximate surface area is 153 Å². The van der Waals surface area contributed by atoms with E-state index in [-0.39, 0.29) is 17.2 Å². The molecule has 1 aliphatic heterocycles. The summed E-state index contributed by atoms with van der Waals surface area (Å²) in [7, 11) is -2.44. The van der Waals surface area contributed by atoms with Crippen molar-refractivity contribution < 1.29 is 13.2 Å². The van der Waals surface area contributed by atoms with Crippen molar-refractivity contribution in [2.75, 3.05) is 24.5 Å². The molecule has 0 unspecified atom stereocenters. The summed E-state index contributed by atoms with van der Waals surface area (Å²) in [5.74, 6) is 1.46. The Morgan fingerprint density at radius 3 is 2.12 bits per heavy atom. The van der Waals surface area contributed by atoms with Crippen molar-refractivity contribution in [2.24, 2.45) is 0 Å². The van der Waals surface area contributed by atoms with E-state index >= 15 is 0 Å². The van der Waals surface area contributed by atoms with Crippen LogP contribution in [-0.2, 0) is 21.3 Å². The second kappa shape index (κ2) is 8.32. The number of benzene rings is 1. The highest BCUT2D eigenvalue weighted by atomic mass is 32.2. The molecule has 1 fully saturated rings. The average molecular weight is 366 g/mol. The van der Waals surface area contributed by atoms with E-state index in [0.717, 1.165) is 43.7 Å². The van der Waals surface area contributed by atoms with Crippen molar-refractivity contribution in [3.05, 3.63) is 35.7 Å². The lowest BCUT2D eigenvalue weighted by Gasteiger charge is -2.46. The van der Waals surface area contributed by atoms with Crippen LogP contribution in [0.15, 0.2) is 24.3 Å². The van der Waals surface area contributed by atoms with Crippen LogP contribution < -0.4 is 4.90 Å². The third-order valence-corrected chi connectivity index (χ3v) is 5.46. The molecule has 1 aromatic carbocycles. The molecule has 6 heteroatoms. The predicted molar refractivity (Wildman–Crippen MR) is 102 cm³/mol. The zero-order valence-electron chi connectivity index (χ0n) is 15.6. The number of likely N-dealkylation sites (tertiary alicyclic amines) is 1. The van der Waals surface area contributed by atoms with Crippen LogP contribution >= 0.6 is 0 Å². The number of carbonyl (C=O) groups is 1. The first kappa shape index (κ1) is 19.9. The Bertz CT molecular complexity index is 652. The number of nitrogens with zero attached hydrogens (tertiary/aromatic N) is 2. The summed E-state index contributed by atoms with van der Waals surface area (Å²) in [5, 5.41) is 0. The van der Waals surface area contributed by atoms with Gasteiger partial charge in [0.2, 0.25) is 5.91 Å². The third kappa shape index (κ3) is 5.28. The maximum absolute atomic E-state index is 12.4. The normalized spacial score (nSPS) is 17.8. The van der Waals surface area contributed by atoms with Gasteiger partial charge in [0.05, 0.1) is 5.75 Å². The van der Waals surface area contributed by atoms with Crippen LogP contribution in [0.3, 0.4) is 0 Å². The number of hydrogen-bond acceptors (Lipinski definition) is 4. The van der Waals surface area contributed by atoms with Gasteiger partial charge in [0.1, 0.15) is 10.7 Å². The van der Waals surface area contributed by atoms with Gasteiger partial charge in [-0.3, -0.25) is 4.79 Å². The molecular formula is C19H29N2O3S. The lowest BCUT2D eigenvalue weighted by molar-refractivity contribution is -0.118. The molecule has 0 aromatic heterocycles. The Kier molecular flexibility index (Phi) is 6.63. The smallest absolute Gasteiger partial charge is 0.224 e. The highest BCUT2D eigenvalue weighted by Gasteiger charge is 2.38. The second-order valence-corrected chi connectivity index (χ2v) is 8.47. The molecule has 1 saturated heterocycles. The fraction of sp³-hybridized carbons (Fsp3) is 0.579. The van der Waals surface area contributed by atoms with Crippen LogP contribution in [0, 0.1) is 5.92 Å². The van der Waals surface area contributed by atoms with Crippen molar-refractivity contribution in [2.45, 2.75) is 51.8 Å². The Hall–Kier alpha value is -1.40. The van der Waals surface area contributed by atoms with Crippen LogP contribution in [0.2, 0.25) is 0 Å². The summed E-state index contributed by atoms with van der Waals surface area (Å²) < 4.78 is 21.7. The second-order valence-electron chi connectivity index (χ2n) is 7.49. The van der Waals surface area contributed by atoms with Crippen LogP contribution in [0.25, 0.3) is 0 Å². The molecule has 1 radical (unpaired) electrons. The number of piperidine rings is 1. The molecule has 0 saturated carbocycles. The Balaban J connectivity index is 2.16. The predicted octanol–water partition coefficient (Wildman–Crippen LogP) is 2.62. The Morgan fingerprint density at radius 2 is 1.68 bits per heavy atom. The van der Waals surface area contributed by atoms with E-state index in [9.17, 15) is 13.2 Å². The first-order chi connectivity index (χ1) is 11.7. The largest absolute Gasteiger partial charge is 0.307 e. The van der Waals surface area contributed by atoms with Gasteiger partial charge in [-0.1, -0.05) is 26.0 Å². The van der Waals surface area contributed by atoms with Crippen molar-refractivity contribution in [3.8, 4) is 0 Å². The van der Waals surface area contributed by atoms with Gasteiger partial charge in [0.25, 0.3) is 0 Å². The van der Waals surface area contributed by atoms with E-state index in [2.05, 4.69) is 25.7 Å². The first-order valence-corrected chi connectivity index (χ1v) is 10.1. The fourth-order valence-electron chi connectivity index (χ4n) is 3.64. The number of carbonyl (C=O) groups excluding carboxylic acids is 1. The molecule has 139 valence electrons. The molecule has 1 heterocycles. The van der Waals surface area contributed by atoms with E-state index < -0.39 is 10.7 Å². The van der Waals surface area contributed by atoms with Gasteiger partial charge in [-0.25, -0.2) is 8.42 Å². The SMILES string of the molecule is C[C](C)CN1CCC(C)(N(C(C)=O)c2ccc(C[SH](=O)=O)cc2)CC1. The molecule has 0 atom stereocenters. The number of hydrogen-bond donors (Lipinski definition) is 1. The first-order valence-electron chi connectivity index (χ1n) is 8.74. The topological polar surface area (TPSA) is 57.7 Å². The van der Waals surface area contributed by atoms with Crippen LogP contribution in [0.5, 0.6) is 0 Å². The van der Waals surface area contributed by atoms with E-state index in [1.165, 1.54) is 5.92 Å². The quantitative estimate of drug-likeness (QED) is 0.788. The molecule has 1 amide bonds. The summed E-state index contributed by atoms with van der Waals surface area (Å²) >= 11 is 0. The minimum Gasteiger partial charge on any atom is -0.307 e. The van der Waals surface area contributed by atoms with Gasteiger partial charge in [-0.15, -0.1) is 0 Å². The number of amides is 1. The molecule has 1 aromatic rings. The lowest BCUT2D eigenvalue weighted by Crippen LogP contribution is -2.55. The van der Waals surface area contributed by atoms with Gasteiger partial charge in [0, 0.05) is 37.8 Å².